The molecule has 0 aliphatic carbocycles. The first-order valence-corrected chi connectivity index (χ1v) is 6.52. The molecule has 0 bridgehead atoms. The van der Waals surface area contributed by atoms with E-state index in [1.165, 1.54) is 7.11 Å². The highest BCUT2D eigenvalue weighted by Gasteiger charge is 2.24. The second-order valence-corrected chi connectivity index (χ2v) is 4.83. The smallest absolute Gasteiger partial charge is 0.339 e. The van der Waals surface area contributed by atoms with E-state index in [0.717, 1.165) is 5.56 Å². The summed E-state index contributed by atoms with van der Waals surface area (Å²) in [7, 11) is 1.48. The minimum absolute atomic E-state index is 0.204. The predicted molar refractivity (Wildman–Crippen MR) is 73.7 cm³/mol. The Morgan fingerprint density at radius 2 is 2.00 bits per heavy atom. The summed E-state index contributed by atoms with van der Waals surface area (Å²) < 4.78 is 10.0. The Hall–Kier alpha value is -1.26. The van der Waals surface area contributed by atoms with Gasteiger partial charge in [-0.05, 0) is 30.5 Å². The van der Waals surface area contributed by atoms with E-state index in [9.17, 15) is 9.90 Å². The van der Waals surface area contributed by atoms with Crippen molar-refractivity contribution in [1.29, 1.82) is 0 Å². The molecule has 0 heterocycles. The molecule has 1 aromatic carbocycles. The molecule has 0 saturated carbocycles. The Morgan fingerprint density at radius 1 is 1.37 bits per heavy atom. The van der Waals surface area contributed by atoms with Gasteiger partial charge >= 0.3 is 5.97 Å². The molecule has 0 saturated heterocycles. The Labute approximate surface area is 118 Å². The van der Waals surface area contributed by atoms with E-state index in [-0.39, 0.29) is 12.5 Å². The van der Waals surface area contributed by atoms with Crippen molar-refractivity contribution >= 4 is 17.6 Å². The molecule has 1 N–H and O–H groups in total. The molecular formula is C14H19ClO4. The Balaban J connectivity index is 3.20. The zero-order valence-corrected chi connectivity index (χ0v) is 12.3. The van der Waals surface area contributed by atoms with Crippen LogP contribution in [0.2, 0.25) is 5.02 Å². The van der Waals surface area contributed by atoms with Crippen molar-refractivity contribution in [1.82, 2.24) is 0 Å². The summed E-state index contributed by atoms with van der Waals surface area (Å²) >= 11 is 6.16. The first-order chi connectivity index (χ1) is 8.92. The number of rotatable bonds is 5. The van der Waals surface area contributed by atoms with Gasteiger partial charge in [-0.2, -0.15) is 0 Å². The molecule has 5 heteroatoms. The molecule has 0 aromatic heterocycles. The van der Waals surface area contributed by atoms with E-state index in [2.05, 4.69) is 0 Å². The fraction of sp³-hybridized carbons (Fsp3) is 0.500. The van der Waals surface area contributed by atoms with E-state index in [4.69, 9.17) is 21.1 Å². The van der Waals surface area contributed by atoms with Gasteiger partial charge in [-0.1, -0.05) is 25.4 Å². The Morgan fingerprint density at radius 3 is 2.47 bits per heavy atom. The number of halogens is 1. The third-order valence-electron chi connectivity index (χ3n) is 2.78. The van der Waals surface area contributed by atoms with E-state index >= 15 is 0 Å². The van der Waals surface area contributed by atoms with Crippen LogP contribution in [0.3, 0.4) is 0 Å². The Bertz CT molecular complexity index is 457. The molecule has 1 rings (SSSR count). The molecule has 19 heavy (non-hydrogen) atoms. The first kappa shape index (κ1) is 15.8. The minimum Gasteiger partial charge on any atom is -0.496 e. The monoisotopic (exact) mass is 286 g/mol. The van der Waals surface area contributed by atoms with Crippen molar-refractivity contribution in [2.75, 3.05) is 13.7 Å². The van der Waals surface area contributed by atoms with Crippen molar-refractivity contribution in [3.8, 4) is 5.75 Å². The lowest BCUT2D eigenvalue weighted by molar-refractivity contribution is -0.153. The van der Waals surface area contributed by atoms with Gasteiger partial charge < -0.3 is 14.6 Å². The van der Waals surface area contributed by atoms with Gasteiger partial charge in [0.05, 0.1) is 13.7 Å². The molecule has 0 spiro atoms. The van der Waals surface area contributed by atoms with Crippen molar-refractivity contribution in [2.24, 2.45) is 0 Å². The summed E-state index contributed by atoms with van der Waals surface area (Å²) in [6.45, 7) is 5.89. The van der Waals surface area contributed by atoms with E-state index < -0.39 is 12.1 Å². The van der Waals surface area contributed by atoms with Gasteiger partial charge in [0.25, 0.3) is 0 Å². The fourth-order valence-electron chi connectivity index (χ4n) is 1.77. The van der Waals surface area contributed by atoms with Gasteiger partial charge in [-0.3, -0.25) is 0 Å². The van der Waals surface area contributed by atoms with Crippen molar-refractivity contribution in [3.63, 3.8) is 0 Å². The van der Waals surface area contributed by atoms with E-state index in [1.807, 2.05) is 13.8 Å². The molecule has 0 fully saturated rings. The molecule has 0 aliphatic heterocycles. The molecule has 1 atom stereocenters. The second kappa shape index (κ2) is 6.78. The SMILES string of the molecule is CCOC(=O)C(O)c1cc(Cl)c(C(C)C)cc1OC. The summed E-state index contributed by atoms with van der Waals surface area (Å²) in [5, 5.41) is 10.5. The van der Waals surface area contributed by atoms with Crippen LogP contribution in [-0.4, -0.2) is 24.8 Å². The van der Waals surface area contributed by atoms with E-state index in [1.54, 1.807) is 19.1 Å². The summed E-state index contributed by atoms with van der Waals surface area (Å²) in [5.41, 5.74) is 1.22. The average molecular weight is 287 g/mol. The maximum absolute atomic E-state index is 11.6. The maximum atomic E-state index is 11.6. The number of benzene rings is 1. The third kappa shape index (κ3) is 3.61. The topological polar surface area (TPSA) is 55.8 Å². The number of ether oxygens (including phenoxy) is 2. The van der Waals surface area contributed by atoms with Crippen molar-refractivity contribution < 1.29 is 19.4 Å². The number of hydrogen-bond acceptors (Lipinski definition) is 4. The molecule has 4 nitrogen and oxygen atoms in total. The number of aliphatic hydroxyl groups excluding tert-OH is 1. The first-order valence-electron chi connectivity index (χ1n) is 6.14. The maximum Gasteiger partial charge on any atom is 0.339 e. The number of esters is 1. The highest BCUT2D eigenvalue weighted by molar-refractivity contribution is 6.31. The lowest BCUT2D eigenvalue weighted by atomic mass is 9.98. The van der Waals surface area contributed by atoms with E-state index in [0.29, 0.717) is 16.3 Å². The molecule has 0 amide bonds. The summed E-state index contributed by atoms with van der Waals surface area (Å²) in [4.78, 5) is 11.6. The second-order valence-electron chi connectivity index (χ2n) is 4.42. The van der Waals surface area contributed by atoms with Crippen molar-refractivity contribution in [3.05, 3.63) is 28.3 Å². The number of carbonyl (C=O) groups is 1. The third-order valence-corrected chi connectivity index (χ3v) is 3.10. The van der Waals surface area contributed by atoms with Crippen LogP contribution in [0, 0.1) is 0 Å². The van der Waals surface area contributed by atoms with Gasteiger partial charge in [-0.15, -0.1) is 0 Å². The molecule has 1 unspecified atom stereocenters. The van der Waals surface area contributed by atoms with Gasteiger partial charge in [-0.25, -0.2) is 4.79 Å². The fourth-order valence-corrected chi connectivity index (χ4v) is 2.16. The van der Waals surface area contributed by atoms with Gasteiger partial charge in [0.15, 0.2) is 6.10 Å². The number of aliphatic hydroxyl groups is 1. The summed E-state index contributed by atoms with van der Waals surface area (Å²) in [6, 6.07) is 3.29. The highest BCUT2D eigenvalue weighted by atomic mass is 35.5. The van der Waals surface area contributed by atoms with Crippen LogP contribution in [0.5, 0.6) is 5.75 Å². The van der Waals surface area contributed by atoms with Gasteiger partial charge in [0.2, 0.25) is 0 Å². The molecule has 106 valence electrons. The number of carbonyl (C=O) groups excluding carboxylic acids is 1. The van der Waals surface area contributed by atoms with Crippen LogP contribution in [0.25, 0.3) is 0 Å². The lowest BCUT2D eigenvalue weighted by Crippen LogP contribution is -2.16. The molecular weight excluding hydrogens is 268 g/mol. The van der Waals surface area contributed by atoms with Crippen LogP contribution in [-0.2, 0) is 9.53 Å². The molecule has 0 aliphatic rings. The van der Waals surface area contributed by atoms with Crippen molar-refractivity contribution in [2.45, 2.75) is 32.8 Å². The average Bonchev–Trinajstić information content (AvgIpc) is 2.37. The zero-order chi connectivity index (χ0) is 14.6. The van der Waals surface area contributed by atoms with Gasteiger partial charge in [0.1, 0.15) is 5.75 Å². The number of methoxy groups -OCH3 is 1. The van der Waals surface area contributed by atoms with Crippen LogP contribution >= 0.6 is 11.6 Å². The quantitative estimate of drug-likeness (QED) is 0.845. The van der Waals surface area contributed by atoms with Crippen LogP contribution < -0.4 is 4.74 Å². The summed E-state index contributed by atoms with van der Waals surface area (Å²) in [6.07, 6.45) is -1.39. The largest absolute Gasteiger partial charge is 0.496 e. The zero-order valence-electron chi connectivity index (χ0n) is 11.6. The lowest BCUT2D eigenvalue weighted by Gasteiger charge is -2.17. The van der Waals surface area contributed by atoms with Gasteiger partial charge in [0, 0.05) is 10.6 Å². The summed E-state index contributed by atoms with van der Waals surface area (Å²) in [5.74, 6) is -0.0713. The normalized spacial score (nSPS) is 12.4. The highest BCUT2D eigenvalue weighted by Crippen LogP contribution is 2.35. The van der Waals surface area contributed by atoms with Crippen LogP contribution in [0.1, 0.15) is 43.9 Å². The molecule has 1 aromatic rings. The molecule has 0 radical (unpaired) electrons. The van der Waals surface area contributed by atoms with Crippen LogP contribution in [0.4, 0.5) is 0 Å². The predicted octanol–water partition coefficient (Wildman–Crippen LogP) is 3.07. The standard InChI is InChI=1S/C14H19ClO4/c1-5-19-14(17)13(16)10-6-11(15)9(8(2)3)7-12(10)18-4/h6-8,13,16H,5H2,1-4H3. The van der Waals surface area contributed by atoms with Crippen LogP contribution in [0.15, 0.2) is 12.1 Å². The minimum atomic E-state index is -1.39. The number of hydrogen-bond donors (Lipinski definition) is 1. The Kier molecular flexibility index (Phi) is 5.63.